The predicted molar refractivity (Wildman–Crippen MR) is 103 cm³/mol. The van der Waals surface area contributed by atoms with Crippen molar-refractivity contribution in [3.8, 4) is 11.4 Å². The fourth-order valence-corrected chi connectivity index (χ4v) is 2.96. The lowest BCUT2D eigenvalue weighted by molar-refractivity contribution is 0.0478. The van der Waals surface area contributed by atoms with Gasteiger partial charge in [-0.1, -0.05) is 19.8 Å². The van der Waals surface area contributed by atoms with Gasteiger partial charge in [0.15, 0.2) is 0 Å². The van der Waals surface area contributed by atoms with Crippen LogP contribution in [0.3, 0.4) is 0 Å². The number of aromatic carboxylic acids is 3. The minimum atomic E-state index is -1.79. The van der Waals surface area contributed by atoms with Crippen LogP contribution in [0.4, 0.5) is 0 Å². The second kappa shape index (κ2) is 9.59. The standard InChI is InChI=1S/C20H21NO9/c1-3-4-5-10-30-20(28)16-14(18(24)25)13(17(22)23)15(19(26)27)21(16)11-6-8-12(29-2)9-7-11/h6-9H,3-5,10H2,1-2H3,(H,22,23)(H,24,25)(H,26,27). The SMILES string of the molecule is CCCCCOC(=O)c1c(C(=O)O)c(C(=O)O)c(C(=O)O)n1-c1ccc(OC)cc1. The predicted octanol–water partition coefficient (Wildman–Crippen LogP) is 2.93. The molecule has 0 amide bonds. The van der Waals surface area contributed by atoms with E-state index in [-0.39, 0.29) is 12.3 Å². The van der Waals surface area contributed by atoms with Crippen molar-refractivity contribution in [3.63, 3.8) is 0 Å². The van der Waals surface area contributed by atoms with Gasteiger partial charge in [0.05, 0.1) is 13.7 Å². The van der Waals surface area contributed by atoms with Crippen LogP contribution in [-0.2, 0) is 4.74 Å². The molecule has 1 aromatic carbocycles. The maximum atomic E-state index is 12.7. The quantitative estimate of drug-likeness (QED) is 0.390. The number of carboxylic acids is 3. The first-order valence-corrected chi connectivity index (χ1v) is 9.04. The van der Waals surface area contributed by atoms with E-state index >= 15 is 0 Å². The number of hydrogen-bond donors (Lipinski definition) is 3. The van der Waals surface area contributed by atoms with Crippen LogP contribution < -0.4 is 4.74 Å². The lowest BCUT2D eigenvalue weighted by Crippen LogP contribution is -2.18. The number of rotatable bonds is 10. The number of carbonyl (C=O) groups is 4. The smallest absolute Gasteiger partial charge is 0.356 e. The van der Waals surface area contributed by atoms with Gasteiger partial charge in [0.1, 0.15) is 28.3 Å². The monoisotopic (exact) mass is 419 g/mol. The Morgan fingerprint density at radius 2 is 1.43 bits per heavy atom. The summed E-state index contributed by atoms with van der Waals surface area (Å²) in [6, 6.07) is 5.66. The molecule has 1 heterocycles. The van der Waals surface area contributed by atoms with Crippen molar-refractivity contribution in [2.75, 3.05) is 13.7 Å². The maximum Gasteiger partial charge on any atom is 0.356 e. The summed E-state index contributed by atoms with van der Waals surface area (Å²) in [5.74, 6) is -5.98. The van der Waals surface area contributed by atoms with Crippen molar-refractivity contribution in [1.29, 1.82) is 0 Å². The second-order valence-electron chi connectivity index (χ2n) is 6.24. The lowest BCUT2D eigenvalue weighted by Gasteiger charge is -2.12. The third kappa shape index (κ3) is 4.43. The Kier molecular flexibility index (Phi) is 7.18. The molecule has 0 spiro atoms. The van der Waals surface area contributed by atoms with Crippen LogP contribution in [0.1, 0.15) is 67.9 Å². The first-order chi connectivity index (χ1) is 14.2. The van der Waals surface area contributed by atoms with Crippen LogP contribution in [0.2, 0.25) is 0 Å². The van der Waals surface area contributed by atoms with E-state index in [4.69, 9.17) is 9.47 Å². The molecule has 2 aromatic rings. The van der Waals surface area contributed by atoms with Gasteiger partial charge < -0.3 is 24.8 Å². The first kappa shape index (κ1) is 22.5. The second-order valence-corrected chi connectivity index (χ2v) is 6.24. The van der Waals surface area contributed by atoms with Gasteiger partial charge in [-0.05, 0) is 30.7 Å². The van der Waals surface area contributed by atoms with Crippen LogP contribution in [-0.4, -0.2) is 57.5 Å². The van der Waals surface area contributed by atoms with Gasteiger partial charge in [-0.15, -0.1) is 0 Å². The Hall–Kier alpha value is -3.82. The number of ether oxygens (including phenoxy) is 2. The van der Waals surface area contributed by atoms with Crippen molar-refractivity contribution in [1.82, 2.24) is 4.57 Å². The zero-order valence-corrected chi connectivity index (χ0v) is 16.4. The molecule has 10 heteroatoms. The molecule has 10 nitrogen and oxygen atoms in total. The van der Waals surface area contributed by atoms with Gasteiger partial charge in [-0.3, -0.25) is 4.57 Å². The van der Waals surface area contributed by atoms with E-state index in [1.165, 1.54) is 31.4 Å². The number of esters is 1. The van der Waals surface area contributed by atoms with Gasteiger partial charge in [0.25, 0.3) is 0 Å². The van der Waals surface area contributed by atoms with E-state index in [2.05, 4.69) is 0 Å². The summed E-state index contributed by atoms with van der Waals surface area (Å²) in [5.41, 5.74) is -3.45. The van der Waals surface area contributed by atoms with Crippen LogP contribution in [0.5, 0.6) is 5.75 Å². The van der Waals surface area contributed by atoms with Crippen molar-refractivity contribution in [2.24, 2.45) is 0 Å². The first-order valence-electron chi connectivity index (χ1n) is 9.04. The van der Waals surface area contributed by atoms with Gasteiger partial charge in [0.2, 0.25) is 0 Å². The van der Waals surface area contributed by atoms with Crippen LogP contribution >= 0.6 is 0 Å². The summed E-state index contributed by atoms with van der Waals surface area (Å²) in [6.07, 6.45) is 2.14. The summed E-state index contributed by atoms with van der Waals surface area (Å²) in [5, 5.41) is 28.8. The van der Waals surface area contributed by atoms with E-state index in [1.807, 2.05) is 6.92 Å². The highest BCUT2D eigenvalue weighted by Crippen LogP contribution is 2.29. The zero-order valence-electron chi connectivity index (χ0n) is 16.4. The van der Waals surface area contributed by atoms with E-state index in [1.54, 1.807) is 0 Å². The maximum absolute atomic E-state index is 12.7. The summed E-state index contributed by atoms with van der Waals surface area (Å²) >= 11 is 0. The number of aromatic nitrogens is 1. The Morgan fingerprint density at radius 3 is 1.90 bits per heavy atom. The van der Waals surface area contributed by atoms with Crippen LogP contribution in [0.15, 0.2) is 24.3 Å². The molecule has 1 aromatic heterocycles. The largest absolute Gasteiger partial charge is 0.497 e. The minimum absolute atomic E-state index is 0.0235. The Bertz CT molecular complexity index is 973. The molecule has 0 saturated heterocycles. The molecule has 0 bridgehead atoms. The zero-order chi connectivity index (χ0) is 22.4. The highest BCUT2D eigenvalue weighted by Gasteiger charge is 2.38. The molecule has 0 saturated carbocycles. The van der Waals surface area contributed by atoms with Crippen molar-refractivity contribution in [3.05, 3.63) is 46.8 Å². The number of benzene rings is 1. The Morgan fingerprint density at radius 1 is 0.867 bits per heavy atom. The lowest BCUT2D eigenvalue weighted by atomic mass is 10.1. The molecule has 0 fully saturated rings. The molecule has 160 valence electrons. The molecule has 0 unspecified atom stereocenters. The minimum Gasteiger partial charge on any atom is -0.497 e. The average molecular weight is 419 g/mol. The normalized spacial score (nSPS) is 10.5. The van der Waals surface area contributed by atoms with Gasteiger partial charge in [-0.2, -0.15) is 0 Å². The molecule has 0 radical (unpaired) electrons. The number of carboxylic acid groups (broad SMARTS) is 3. The van der Waals surface area contributed by atoms with E-state index in [9.17, 15) is 34.5 Å². The van der Waals surface area contributed by atoms with Crippen LogP contribution in [0, 0.1) is 0 Å². The van der Waals surface area contributed by atoms with E-state index in [0.717, 1.165) is 17.4 Å². The highest BCUT2D eigenvalue weighted by atomic mass is 16.5. The van der Waals surface area contributed by atoms with Crippen molar-refractivity contribution < 1.29 is 44.0 Å². The average Bonchev–Trinajstić information content (AvgIpc) is 3.08. The number of carbonyl (C=O) groups excluding carboxylic acids is 1. The Balaban J connectivity index is 2.79. The number of methoxy groups -OCH3 is 1. The van der Waals surface area contributed by atoms with Gasteiger partial charge in [0, 0.05) is 5.69 Å². The molecule has 3 N–H and O–H groups in total. The fourth-order valence-electron chi connectivity index (χ4n) is 2.96. The summed E-state index contributed by atoms with van der Waals surface area (Å²) in [6.45, 7) is 1.92. The molecule has 2 rings (SSSR count). The van der Waals surface area contributed by atoms with Crippen molar-refractivity contribution >= 4 is 23.9 Å². The summed E-state index contributed by atoms with van der Waals surface area (Å²) in [7, 11) is 1.41. The number of unbranched alkanes of at least 4 members (excludes halogenated alkanes) is 2. The summed E-state index contributed by atoms with van der Waals surface area (Å²) < 4.78 is 10.9. The Labute approximate surface area is 171 Å². The molecule has 0 aliphatic heterocycles. The molecular formula is C20H21NO9. The molecule has 0 atom stereocenters. The molecule has 0 aliphatic rings. The third-order valence-electron chi connectivity index (χ3n) is 4.31. The number of nitrogens with zero attached hydrogens (tertiary/aromatic N) is 1. The highest BCUT2D eigenvalue weighted by molar-refractivity contribution is 6.14. The van der Waals surface area contributed by atoms with E-state index < -0.39 is 46.4 Å². The number of hydrogen-bond acceptors (Lipinski definition) is 6. The van der Waals surface area contributed by atoms with E-state index in [0.29, 0.717) is 12.2 Å². The molecule has 30 heavy (non-hydrogen) atoms. The topological polar surface area (TPSA) is 152 Å². The fraction of sp³-hybridized carbons (Fsp3) is 0.300. The molecule has 0 aliphatic carbocycles. The molecular weight excluding hydrogens is 398 g/mol. The van der Waals surface area contributed by atoms with Crippen molar-refractivity contribution in [2.45, 2.75) is 26.2 Å². The van der Waals surface area contributed by atoms with Gasteiger partial charge >= 0.3 is 23.9 Å². The summed E-state index contributed by atoms with van der Waals surface area (Å²) in [4.78, 5) is 48.3. The third-order valence-corrected chi connectivity index (χ3v) is 4.31. The van der Waals surface area contributed by atoms with Gasteiger partial charge in [-0.25, -0.2) is 19.2 Å². The van der Waals surface area contributed by atoms with Crippen LogP contribution in [0.25, 0.3) is 5.69 Å².